The Morgan fingerprint density at radius 2 is 1.91 bits per heavy atom. The zero-order valence-electron chi connectivity index (χ0n) is 17.5. The number of nitrogens with one attached hydrogen (secondary N) is 2. The molecule has 4 aromatic rings. The van der Waals surface area contributed by atoms with Crippen LogP contribution in [0.15, 0.2) is 66.9 Å². The highest BCUT2D eigenvalue weighted by molar-refractivity contribution is 6.07. The largest absolute Gasteiger partial charge is 0.497 e. The summed E-state index contributed by atoms with van der Waals surface area (Å²) in [7, 11) is 1.58. The van der Waals surface area contributed by atoms with Crippen molar-refractivity contribution in [1.29, 1.82) is 0 Å². The Morgan fingerprint density at radius 1 is 1.09 bits per heavy atom. The number of hydrogen-bond acceptors (Lipinski definition) is 6. The van der Waals surface area contributed by atoms with Gasteiger partial charge in [0.15, 0.2) is 5.82 Å². The lowest BCUT2D eigenvalue weighted by atomic mass is 10.1. The van der Waals surface area contributed by atoms with Crippen LogP contribution in [0.25, 0.3) is 16.9 Å². The van der Waals surface area contributed by atoms with Crippen LogP contribution in [0.4, 0.5) is 5.82 Å². The fraction of sp³-hybridized carbons (Fsp3) is 0.130. The summed E-state index contributed by atoms with van der Waals surface area (Å²) in [6, 6.07) is 18.1. The predicted octanol–water partition coefficient (Wildman–Crippen LogP) is 3.70. The van der Waals surface area contributed by atoms with E-state index in [4.69, 9.17) is 9.47 Å². The van der Waals surface area contributed by atoms with Crippen molar-refractivity contribution in [2.45, 2.75) is 6.92 Å². The maximum Gasteiger partial charge on any atom is 0.343 e. The summed E-state index contributed by atoms with van der Waals surface area (Å²) in [5.74, 6) is -0.166. The van der Waals surface area contributed by atoms with Crippen molar-refractivity contribution in [3.8, 4) is 22.7 Å². The molecule has 32 heavy (non-hydrogen) atoms. The number of carbonyl (C=O) groups is 2. The summed E-state index contributed by atoms with van der Waals surface area (Å²) < 4.78 is 11.8. The van der Waals surface area contributed by atoms with Gasteiger partial charge in [0, 0.05) is 5.56 Å². The molecule has 2 aromatic heterocycles. The number of hydrogen-bond donors (Lipinski definition) is 2. The summed E-state index contributed by atoms with van der Waals surface area (Å²) in [5.41, 5.74) is 2.42. The minimum atomic E-state index is -0.577. The Hall–Kier alpha value is -4.40. The first-order chi connectivity index (χ1) is 15.6. The van der Waals surface area contributed by atoms with Gasteiger partial charge in [-0.2, -0.15) is 10.2 Å². The third-order valence-electron chi connectivity index (χ3n) is 4.69. The predicted molar refractivity (Wildman–Crippen MR) is 118 cm³/mol. The Balaban J connectivity index is 1.65. The number of para-hydroxylation sites is 1. The van der Waals surface area contributed by atoms with Crippen molar-refractivity contribution >= 4 is 17.7 Å². The number of rotatable bonds is 7. The van der Waals surface area contributed by atoms with E-state index in [0.717, 1.165) is 5.56 Å². The molecule has 0 unspecified atom stereocenters. The number of amides is 1. The van der Waals surface area contributed by atoms with Gasteiger partial charge in [-0.3, -0.25) is 9.89 Å². The summed E-state index contributed by atoms with van der Waals surface area (Å²) in [5, 5.41) is 14.0. The third kappa shape index (κ3) is 4.22. The van der Waals surface area contributed by atoms with Crippen LogP contribution < -0.4 is 10.1 Å². The smallest absolute Gasteiger partial charge is 0.343 e. The Kier molecular flexibility index (Phi) is 5.98. The Bertz CT molecular complexity index is 1250. The number of methoxy groups -OCH3 is 1. The molecule has 2 N–H and O–H groups in total. The van der Waals surface area contributed by atoms with E-state index in [1.165, 1.54) is 10.9 Å². The summed E-state index contributed by atoms with van der Waals surface area (Å²) in [6.07, 6.45) is 1.37. The molecule has 2 heterocycles. The fourth-order valence-corrected chi connectivity index (χ4v) is 3.14. The molecule has 0 atom stereocenters. The second-order valence-corrected chi connectivity index (χ2v) is 6.73. The van der Waals surface area contributed by atoms with Crippen LogP contribution in [0.5, 0.6) is 5.75 Å². The Labute approximate surface area is 184 Å². The van der Waals surface area contributed by atoms with Crippen LogP contribution in [-0.2, 0) is 4.74 Å². The first-order valence-electron chi connectivity index (χ1n) is 9.92. The van der Waals surface area contributed by atoms with Crippen molar-refractivity contribution < 1.29 is 19.1 Å². The maximum atomic E-state index is 13.0. The van der Waals surface area contributed by atoms with Gasteiger partial charge in [-0.05, 0) is 37.3 Å². The fourth-order valence-electron chi connectivity index (χ4n) is 3.14. The second kappa shape index (κ2) is 9.17. The molecule has 2 aromatic carbocycles. The van der Waals surface area contributed by atoms with Gasteiger partial charge in [0.25, 0.3) is 5.91 Å². The van der Waals surface area contributed by atoms with Crippen LogP contribution in [0.2, 0.25) is 0 Å². The molecule has 0 aliphatic carbocycles. The zero-order chi connectivity index (χ0) is 22.5. The van der Waals surface area contributed by atoms with E-state index in [1.807, 2.05) is 54.6 Å². The van der Waals surface area contributed by atoms with Gasteiger partial charge in [-0.25, -0.2) is 9.48 Å². The normalized spacial score (nSPS) is 10.6. The van der Waals surface area contributed by atoms with Crippen molar-refractivity contribution in [3.63, 3.8) is 0 Å². The molecule has 9 nitrogen and oxygen atoms in total. The molecule has 0 aliphatic rings. The quantitative estimate of drug-likeness (QED) is 0.432. The highest BCUT2D eigenvalue weighted by atomic mass is 16.5. The number of ether oxygens (including phenoxy) is 2. The van der Waals surface area contributed by atoms with E-state index < -0.39 is 11.9 Å². The Morgan fingerprint density at radius 3 is 2.66 bits per heavy atom. The lowest BCUT2D eigenvalue weighted by Gasteiger charge is -2.10. The number of nitrogens with zero attached hydrogens (tertiary/aromatic N) is 3. The molecule has 0 bridgehead atoms. The van der Waals surface area contributed by atoms with Gasteiger partial charge in [0.05, 0.1) is 31.3 Å². The van der Waals surface area contributed by atoms with E-state index >= 15 is 0 Å². The number of aromatic amines is 1. The van der Waals surface area contributed by atoms with Gasteiger partial charge in [0.2, 0.25) is 0 Å². The van der Waals surface area contributed by atoms with Crippen molar-refractivity contribution in [2.24, 2.45) is 0 Å². The first-order valence-corrected chi connectivity index (χ1v) is 9.92. The summed E-state index contributed by atoms with van der Waals surface area (Å²) in [6.45, 7) is 1.91. The van der Waals surface area contributed by atoms with Gasteiger partial charge >= 0.3 is 5.97 Å². The molecule has 162 valence electrons. The summed E-state index contributed by atoms with van der Waals surface area (Å²) >= 11 is 0. The molecular formula is C23H21N5O4. The van der Waals surface area contributed by atoms with Gasteiger partial charge in [-0.1, -0.05) is 30.3 Å². The van der Waals surface area contributed by atoms with Crippen LogP contribution >= 0.6 is 0 Å². The summed E-state index contributed by atoms with van der Waals surface area (Å²) in [4.78, 5) is 25.4. The average molecular weight is 431 g/mol. The molecular weight excluding hydrogens is 410 g/mol. The molecule has 0 radical (unpaired) electrons. The first kappa shape index (κ1) is 20.9. The van der Waals surface area contributed by atoms with Crippen LogP contribution in [-0.4, -0.2) is 45.6 Å². The number of H-pyrrole nitrogens is 1. The van der Waals surface area contributed by atoms with E-state index in [9.17, 15) is 9.59 Å². The molecule has 0 saturated carbocycles. The third-order valence-corrected chi connectivity index (χ3v) is 4.69. The van der Waals surface area contributed by atoms with Crippen LogP contribution in [0, 0.1) is 0 Å². The minimum absolute atomic E-state index is 0.150. The highest BCUT2D eigenvalue weighted by Gasteiger charge is 2.23. The van der Waals surface area contributed by atoms with E-state index in [1.54, 1.807) is 20.1 Å². The number of aromatic nitrogens is 4. The molecule has 0 aliphatic heterocycles. The second-order valence-electron chi connectivity index (χ2n) is 6.73. The zero-order valence-corrected chi connectivity index (χ0v) is 17.5. The van der Waals surface area contributed by atoms with E-state index in [0.29, 0.717) is 17.1 Å². The lowest BCUT2D eigenvalue weighted by molar-refractivity contribution is 0.0527. The van der Waals surface area contributed by atoms with Crippen molar-refractivity contribution in [2.75, 3.05) is 19.0 Å². The van der Waals surface area contributed by atoms with E-state index in [2.05, 4.69) is 20.6 Å². The standard InChI is InChI=1S/C23H21N5O4/c1-3-32-23(30)18-14-24-28(16-9-5-4-6-10-16)21(18)25-22(29)20-13-19(26-27-20)15-8-7-11-17(12-15)31-2/h4-14H,3H2,1-2H3,(H,25,29)(H,26,27). The molecule has 0 fully saturated rings. The number of anilines is 1. The van der Waals surface area contributed by atoms with Crippen LogP contribution in [0.3, 0.4) is 0 Å². The monoisotopic (exact) mass is 431 g/mol. The van der Waals surface area contributed by atoms with Crippen LogP contribution in [0.1, 0.15) is 27.8 Å². The molecule has 0 saturated heterocycles. The topological polar surface area (TPSA) is 111 Å². The van der Waals surface area contributed by atoms with Crippen molar-refractivity contribution in [1.82, 2.24) is 20.0 Å². The molecule has 4 rings (SSSR count). The number of esters is 1. The minimum Gasteiger partial charge on any atom is -0.497 e. The van der Waals surface area contributed by atoms with Crippen molar-refractivity contribution in [3.05, 3.63) is 78.1 Å². The van der Waals surface area contributed by atoms with Gasteiger partial charge < -0.3 is 14.8 Å². The highest BCUT2D eigenvalue weighted by Crippen LogP contribution is 2.24. The molecule has 9 heteroatoms. The number of carbonyl (C=O) groups excluding carboxylic acids is 2. The molecule has 0 spiro atoms. The SMILES string of the molecule is CCOC(=O)c1cnn(-c2ccccc2)c1NC(=O)c1cc(-c2cccc(OC)c2)n[nH]1. The van der Waals surface area contributed by atoms with Gasteiger partial charge in [0.1, 0.15) is 17.0 Å². The lowest BCUT2D eigenvalue weighted by Crippen LogP contribution is -2.18. The average Bonchev–Trinajstić information content (AvgIpc) is 3.48. The number of benzene rings is 2. The maximum absolute atomic E-state index is 13.0. The molecule has 1 amide bonds. The van der Waals surface area contributed by atoms with Gasteiger partial charge in [-0.15, -0.1) is 0 Å². The van der Waals surface area contributed by atoms with E-state index in [-0.39, 0.29) is 23.7 Å².